The van der Waals surface area contributed by atoms with Crippen molar-refractivity contribution in [2.24, 2.45) is 0 Å². The number of pyridine rings is 1. The van der Waals surface area contributed by atoms with E-state index in [-0.39, 0.29) is 6.03 Å². The Kier molecular flexibility index (Phi) is 6.31. The molecular weight excluding hydrogens is 402 g/mol. The van der Waals surface area contributed by atoms with Crippen LogP contribution in [0.5, 0.6) is 0 Å². The van der Waals surface area contributed by atoms with E-state index in [4.69, 9.17) is 0 Å². The summed E-state index contributed by atoms with van der Waals surface area (Å²) in [5.74, 6) is 0. The highest BCUT2D eigenvalue weighted by Gasteiger charge is 2.16. The second kappa shape index (κ2) is 9.28. The summed E-state index contributed by atoms with van der Waals surface area (Å²) in [5.41, 5.74) is 3.11. The Morgan fingerprint density at radius 1 is 1.14 bits per heavy atom. The fourth-order valence-electron chi connectivity index (χ4n) is 3.28. The number of thiazole rings is 1. The second-order valence-corrected chi connectivity index (χ2v) is 9.33. The number of benzene rings is 1. The summed E-state index contributed by atoms with van der Waals surface area (Å²) < 4.78 is 0.998. The summed E-state index contributed by atoms with van der Waals surface area (Å²) in [7, 11) is 0. The van der Waals surface area contributed by atoms with Gasteiger partial charge in [0.15, 0.2) is 5.13 Å². The first-order valence-corrected chi connectivity index (χ1v) is 11.3. The van der Waals surface area contributed by atoms with Gasteiger partial charge in [-0.15, -0.1) is 0 Å². The fraction of sp³-hybridized carbons (Fsp3) is 0.286. The maximum atomic E-state index is 12.6. The topological polar surface area (TPSA) is 70.1 Å². The average molecular weight is 426 g/mol. The molecule has 1 aromatic carbocycles. The predicted molar refractivity (Wildman–Crippen MR) is 120 cm³/mol. The molecule has 6 nitrogen and oxygen atoms in total. The molecule has 150 valence electrons. The Balaban J connectivity index is 1.41. The standard InChI is InChI=1S/C21H23N5OS2/c1-15-7-8-17(18(12-15)26-10-3-2-4-11-26)24-20(27)25-21-23-14-19(29-21)28-16-6-5-9-22-13-16/h5-9,12-14H,2-4,10-11H2,1H3,(H2,23,24,25,27). The molecule has 2 amide bonds. The van der Waals surface area contributed by atoms with Crippen LogP contribution >= 0.6 is 23.1 Å². The number of carbonyl (C=O) groups excluding carboxylic acids is 1. The van der Waals surface area contributed by atoms with E-state index < -0.39 is 0 Å². The van der Waals surface area contributed by atoms with E-state index in [2.05, 4.69) is 38.5 Å². The van der Waals surface area contributed by atoms with Crippen LogP contribution in [0, 0.1) is 6.92 Å². The van der Waals surface area contributed by atoms with Crippen LogP contribution < -0.4 is 15.5 Å². The lowest BCUT2D eigenvalue weighted by Gasteiger charge is -2.30. The Hall–Kier alpha value is -2.58. The quantitative estimate of drug-likeness (QED) is 0.554. The van der Waals surface area contributed by atoms with Crippen molar-refractivity contribution in [3.8, 4) is 0 Å². The highest BCUT2D eigenvalue weighted by molar-refractivity contribution is 8.01. The van der Waals surface area contributed by atoms with Crippen LogP contribution in [0.3, 0.4) is 0 Å². The first-order valence-electron chi connectivity index (χ1n) is 9.65. The number of aryl methyl sites for hydroxylation is 1. The maximum Gasteiger partial charge on any atom is 0.325 e. The second-order valence-electron chi connectivity index (χ2n) is 6.92. The number of nitrogens with zero attached hydrogens (tertiary/aromatic N) is 3. The number of rotatable bonds is 5. The molecule has 1 fully saturated rings. The van der Waals surface area contributed by atoms with Crippen molar-refractivity contribution in [3.05, 3.63) is 54.5 Å². The molecule has 0 aliphatic carbocycles. The lowest BCUT2D eigenvalue weighted by molar-refractivity contribution is 0.262. The van der Waals surface area contributed by atoms with Crippen LogP contribution in [0.4, 0.5) is 21.3 Å². The van der Waals surface area contributed by atoms with Crippen LogP contribution in [-0.2, 0) is 0 Å². The zero-order valence-electron chi connectivity index (χ0n) is 16.2. The summed E-state index contributed by atoms with van der Waals surface area (Å²) in [4.78, 5) is 24.4. The van der Waals surface area contributed by atoms with E-state index in [0.29, 0.717) is 5.13 Å². The maximum absolute atomic E-state index is 12.6. The smallest absolute Gasteiger partial charge is 0.325 e. The SMILES string of the molecule is Cc1ccc(NC(=O)Nc2ncc(Sc3cccnc3)s2)c(N2CCCCC2)c1. The molecule has 3 aromatic rings. The molecule has 1 saturated heterocycles. The van der Waals surface area contributed by atoms with Gasteiger partial charge in [0.2, 0.25) is 0 Å². The minimum absolute atomic E-state index is 0.278. The third kappa shape index (κ3) is 5.27. The summed E-state index contributed by atoms with van der Waals surface area (Å²) in [6.07, 6.45) is 8.98. The predicted octanol–water partition coefficient (Wildman–Crippen LogP) is 5.63. The van der Waals surface area contributed by atoms with Gasteiger partial charge in [0.1, 0.15) is 0 Å². The largest absolute Gasteiger partial charge is 0.370 e. The van der Waals surface area contributed by atoms with Crippen LogP contribution in [0.2, 0.25) is 0 Å². The highest BCUT2D eigenvalue weighted by Crippen LogP contribution is 2.34. The van der Waals surface area contributed by atoms with Crippen molar-refractivity contribution < 1.29 is 4.79 Å². The van der Waals surface area contributed by atoms with E-state index in [1.807, 2.05) is 30.5 Å². The van der Waals surface area contributed by atoms with E-state index in [1.165, 1.54) is 36.2 Å². The lowest BCUT2D eigenvalue weighted by Crippen LogP contribution is -2.31. The minimum atomic E-state index is -0.278. The minimum Gasteiger partial charge on any atom is -0.370 e. The first kappa shape index (κ1) is 19.7. The normalized spacial score (nSPS) is 13.9. The van der Waals surface area contributed by atoms with Crippen molar-refractivity contribution >= 4 is 45.6 Å². The third-order valence-corrected chi connectivity index (χ3v) is 6.65. The Morgan fingerprint density at radius 3 is 2.79 bits per heavy atom. The molecule has 0 atom stereocenters. The molecule has 0 bridgehead atoms. The Morgan fingerprint density at radius 2 is 2.00 bits per heavy atom. The number of urea groups is 1. The van der Waals surface area contributed by atoms with Gasteiger partial charge in [0.05, 0.1) is 21.8 Å². The Bertz CT molecular complexity index is 970. The molecule has 0 unspecified atom stereocenters. The van der Waals surface area contributed by atoms with Gasteiger partial charge >= 0.3 is 6.03 Å². The van der Waals surface area contributed by atoms with E-state index >= 15 is 0 Å². The van der Waals surface area contributed by atoms with Crippen molar-refractivity contribution in [2.75, 3.05) is 28.6 Å². The van der Waals surface area contributed by atoms with Crippen LogP contribution in [-0.4, -0.2) is 29.1 Å². The van der Waals surface area contributed by atoms with Crippen LogP contribution in [0.15, 0.2) is 58.0 Å². The van der Waals surface area contributed by atoms with Gasteiger partial charge in [-0.05, 0) is 56.0 Å². The van der Waals surface area contributed by atoms with Crippen LogP contribution in [0.1, 0.15) is 24.8 Å². The number of carbonyl (C=O) groups is 1. The molecule has 1 aliphatic heterocycles. The van der Waals surface area contributed by atoms with E-state index in [1.54, 1.807) is 24.2 Å². The molecule has 0 radical (unpaired) electrons. The van der Waals surface area contributed by atoms with E-state index in [0.717, 1.165) is 33.6 Å². The van der Waals surface area contributed by atoms with Gasteiger partial charge < -0.3 is 10.2 Å². The molecule has 0 saturated carbocycles. The fourth-order valence-corrected chi connectivity index (χ4v) is 5.12. The van der Waals surface area contributed by atoms with Gasteiger partial charge in [-0.2, -0.15) is 0 Å². The molecular formula is C21H23N5OS2. The lowest BCUT2D eigenvalue weighted by atomic mass is 10.1. The molecule has 8 heteroatoms. The monoisotopic (exact) mass is 425 g/mol. The van der Waals surface area contributed by atoms with Gasteiger partial charge in [0.25, 0.3) is 0 Å². The summed E-state index contributed by atoms with van der Waals surface area (Å²) in [6, 6.07) is 9.76. The molecule has 0 spiro atoms. The van der Waals surface area contributed by atoms with E-state index in [9.17, 15) is 4.79 Å². The molecule has 2 N–H and O–H groups in total. The molecule has 4 rings (SSSR count). The highest BCUT2D eigenvalue weighted by atomic mass is 32.2. The zero-order valence-corrected chi connectivity index (χ0v) is 17.9. The number of piperidine rings is 1. The van der Waals surface area contributed by atoms with Gasteiger partial charge in [-0.1, -0.05) is 29.2 Å². The number of hydrogen-bond acceptors (Lipinski definition) is 6. The number of nitrogens with one attached hydrogen (secondary N) is 2. The van der Waals surface area contributed by atoms with Crippen molar-refractivity contribution in [1.29, 1.82) is 0 Å². The molecule has 1 aliphatic rings. The van der Waals surface area contributed by atoms with Gasteiger partial charge in [0, 0.05) is 30.4 Å². The number of aromatic nitrogens is 2. The van der Waals surface area contributed by atoms with Crippen LogP contribution in [0.25, 0.3) is 0 Å². The molecule has 29 heavy (non-hydrogen) atoms. The number of hydrogen-bond donors (Lipinski definition) is 2. The zero-order chi connectivity index (χ0) is 20.1. The Labute approximate surface area is 178 Å². The third-order valence-electron chi connectivity index (χ3n) is 4.66. The summed E-state index contributed by atoms with van der Waals surface area (Å²) in [5, 5.41) is 6.42. The summed E-state index contributed by atoms with van der Waals surface area (Å²) >= 11 is 3.02. The van der Waals surface area contributed by atoms with Crippen molar-refractivity contribution in [2.45, 2.75) is 35.3 Å². The van der Waals surface area contributed by atoms with Crippen molar-refractivity contribution in [1.82, 2.24) is 9.97 Å². The molecule has 3 heterocycles. The average Bonchev–Trinajstić information content (AvgIpc) is 3.17. The number of anilines is 3. The van der Waals surface area contributed by atoms with Crippen molar-refractivity contribution in [3.63, 3.8) is 0 Å². The molecule has 2 aromatic heterocycles. The van der Waals surface area contributed by atoms with Gasteiger partial charge in [-0.3, -0.25) is 10.3 Å². The number of amides is 2. The summed E-state index contributed by atoms with van der Waals surface area (Å²) in [6.45, 7) is 4.14. The van der Waals surface area contributed by atoms with Gasteiger partial charge in [-0.25, -0.2) is 9.78 Å². The first-order chi connectivity index (χ1) is 14.2.